The van der Waals surface area contributed by atoms with Crippen LogP contribution in [0.15, 0.2) is 18.2 Å². The topological polar surface area (TPSA) is 12.0 Å². The first-order chi connectivity index (χ1) is 7.83. The Labute approximate surface area is 98.3 Å². The van der Waals surface area contributed by atoms with Crippen LogP contribution in [0.2, 0.25) is 0 Å². The smallest absolute Gasteiger partial charge is 0.0294 e. The lowest BCUT2D eigenvalue weighted by molar-refractivity contribution is 0.569. The van der Waals surface area contributed by atoms with Gasteiger partial charge in [-0.25, -0.2) is 0 Å². The lowest BCUT2D eigenvalue weighted by Gasteiger charge is -2.20. The Morgan fingerprint density at radius 3 is 2.62 bits per heavy atom. The molecule has 1 N–H and O–H groups in total. The van der Waals surface area contributed by atoms with Crippen LogP contribution < -0.4 is 5.32 Å². The van der Waals surface area contributed by atoms with Crippen LogP contribution in [-0.2, 0) is 12.8 Å². The molecule has 1 saturated carbocycles. The number of aryl methyl sites for hydroxylation is 2. The highest BCUT2D eigenvalue weighted by Gasteiger charge is 2.23. The van der Waals surface area contributed by atoms with Crippen LogP contribution in [0.4, 0.5) is 0 Å². The van der Waals surface area contributed by atoms with Gasteiger partial charge in [0.05, 0.1) is 0 Å². The van der Waals surface area contributed by atoms with Gasteiger partial charge >= 0.3 is 0 Å². The van der Waals surface area contributed by atoms with Gasteiger partial charge in [0.25, 0.3) is 0 Å². The normalized spacial score (nSPS) is 21.6. The molecule has 2 aliphatic carbocycles. The van der Waals surface area contributed by atoms with Crippen molar-refractivity contribution < 1.29 is 0 Å². The summed E-state index contributed by atoms with van der Waals surface area (Å²) < 4.78 is 0. The van der Waals surface area contributed by atoms with Gasteiger partial charge in [-0.3, -0.25) is 0 Å². The van der Waals surface area contributed by atoms with Gasteiger partial charge in [-0.2, -0.15) is 0 Å². The molecule has 0 spiro atoms. The molecule has 0 heterocycles. The second-order valence-corrected chi connectivity index (χ2v) is 5.40. The zero-order valence-electron chi connectivity index (χ0n) is 10.1. The van der Waals surface area contributed by atoms with Crippen LogP contribution >= 0.6 is 0 Å². The molecule has 1 fully saturated rings. The molecular weight excluding hydrogens is 194 g/mol. The number of rotatable bonds is 3. The first-order valence-corrected chi connectivity index (χ1v) is 6.71. The van der Waals surface area contributed by atoms with Gasteiger partial charge in [0.1, 0.15) is 0 Å². The largest absolute Gasteiger partial charge is 0.307 e. The first kappa shape index (κ1) is 10.3. The van der Waals surface area contributed by atoms with E-state index in [0.717, 1.165) is 6.04 Å². The van der Waals surface area contributed by atoms with Crippen molar-refractivity contribution in [2.24, 2.45) is 0 Å². The number of benzene rings is 1. The van der Waals surface area contributed by atoms with E-state index in [-0.39, 0.29) is 0 Å². The molecule has 1 unspecified atom stereocenters. The monoisotopic (exact) mass is 215 g/mol. The summed E-state index contributed by atoms with van der Waals surface area (Å²) in [5, 5.41) is 3.68. The molecule has 1 aromatic rings. The molecule has 0 bridgehead atoms. The molecule has 16 heavy (non-hydrogen) atoms. The van der Waals surface area contributed by atoms with Gasteiger partial charge in [-0.15, -0.1) is 0 Å². The first-order valence-electron chi connectivity index (χ1n) is 6.71. The van der Waals surface area contributed by atoms with Gasteiger partial charge in [0.2, 0.25) is 0 Å². The summed E-state index contributed by atoms with van der Waals surface area (Å²) in [4.78, 5) is 0. The molecule has 0 aromatic heterocycles. The standard InChI is InChI=1S/C15H21N/c1-11(16-15-8-9-15)13-7-6-12-4-2-3-5-14(12)10-13/h6-7,10-11,15-16H,2-5,8-9H2,1H3. The maximum atomic E-state index is 3.68. The van der Waals surface area contributed by atoms with Gasteiger partial charge in [0, 0.05) is 12.1 Å². The van der Waals surface area contributed by atoms with E-state index in [1.807, 2.05) is 0 Å². The average Bonchev–Trinajstić information content (AvgIpc) is 3.12. The van der Waals surface area contributed by atoms with Gasteiger partial charge in [-0.05, 0) is 62.1 Å². The number of nitrogens with one attached hydrogen (secondary N) is 1. The third-order valence-electron chi connectivity index (χ3n) is 3.94. The third-order valence-corrected chi connectivity index (χ3v) is 3.94. The Kier molecular flexibility index (Phi) is 2.72. The molecule has 0 saturated heterocycles. The predicted octanol–water partition coefficient (Wildman–Crippen LogP) is 3.38. The minimum absolute atomic E-state index is 0.528. The lowest BCUT2D eigenvalue weighted by Crippen LogP contribution is -2.21. The van der Waals surface area contributed by atoms with E-state index >= 15 is 0 Å². The van der Waals surface area contributed by atoms with Crippen molar-refractivity contribution in [1.82, 2.24) is 5.32 Å². The van der Waals surface area contributed by atoms with Crippen molar-refractivity contribution in [2.45, 2.75) is 57.5 Å². The SMILES string of the molecule is CC(NC1CC1)c1ccc2c(c1)CCCC2. The van der Waals surface area contributed by atoms with Crippen LogP contribution in [0.3, 0.4) is 0 Å². The Balaban J connectivity index is 1.78. The van der Waals surface area contributed by atoms with Crippen LogP contribution in [-0.4, -0.2) is 6.04 Å². The molecule has 3 rings (SSSR count). The summed E-state index contributed by atoms with van der Waals surface area (Å²) in [6.45, 7) is 2.29. The average molecular weight is 215 g/mol. The molecule has 2 aliphatic rings. The van der Waals surface area contributed by atoms with Crippen molar-refractivity contribution >= 4 is 0 Å². The third kappa shape index (κ3) is 2.15. The lowest BCUT2D eigenvalue weighted by atomic mass is 9.89. The van der Waals surface area contributed by atoms with Crippen molar-refractivity contribution in [1.29, 1.82) is 0 Å². The van der Waals surface area contributed by atoms with Crippen LogP contribution in [0.25, 0.3) is 0 Å². The predicted molar refractivity (Wildman–Crippen MR) is 67.7 cm³/mol. The minimum Gasteiger partial charge on any atom is -0.307 e. The van der Waals surface area contributed by atoms with Crippen molar-refractivity contribution in [2.75, 3.05) is 0 Å². The van der Waals surface area contributed by atoms with Crippen LogP contribution in [0, 0.1) is 0 Å². The van der Waals surface area contributed by atoms with Crippen LogP contribution in [0.5, 0.6) is 0 Å². The summed E-state index contributed by atoms with van der Waals surface area (Å²) >= 11 is 0. The summed E-state index contributed by atoms with van der Waals surface area (Å²) in [5.74, 6) is 0. The maximum Gasteiger partial charge on any atom is 0.0294 e. The zero-order chi connectivity index (χ0) is 11.0. The van der Waals surface area contributed by atoms with E-state index in [2.05, 4.69) is 30.4 Å². The molecule has 1 atom stereocenters. The fourth-order valence-corrected chi connectivity index (χ4v) is 2.72. The molecule has 1 heteroatoms. The highest BCUT2D eigenvalue weighted by molar-refractivity contribution is 5.35. The Morgan fingerprint density at radius 2 is 1.88 bits per heavy atom. The van der Waals surface area contributed by atoms with E-state index in [1.54, 1.807) is 11.1 Å². The Bertz CT molecular complexity index is 379. The van der Waals surface area contributed by atoms with E-state index in [0.29, 0.717) is 6.04 Å². The minimum atomic E-state index is 0.528. The summed E-state index contributed by atoms with van der Waals surface area (Å²) in [6, 6.07) is 8.44. The Morgan fingerprint density at radius 1 is 1.12 bits per heavy atom. The maximum absolute atomic E-state index is 3.68. The van der Waals surface area contributed by atoms with E-state index in [9.17, 15) is 0 Å². The molecule has 1 nitrogen and oxygen atoms in total. The fraction of sp³-hybridized carbons (Fsp3) is 0.600. The number of hydrogen-bond acceptors (Lipinski definition) is 1. The van der Waals surface area contributed by atoms with Crippen molar-refractivity contribution in [3.05, 3.63) is 34.9 Å². The Hall–Kier alpha value is -0.820. The van der Waals surface area contributed by atoms with Gasteiger partial charge < -0.3 is 5.32 Å². The van der Waals surface area contributed by atoms with Gasteiger partial charge in [-0.1, -0.05) is 18.2 Å². The van der Waals surface area contributed by atoms with Crippen molar-refractivity contribution in [3.63, 3.8) is 0 Å². The molecule has 86 valence electrons. The highest BCUT2D eigenvalue weighted by atomic mass is 15.0. The van der Waals surface area contributed by atoms with E-state index in [1.165, 1.54) is 44.1 Å². The van der Waals surface area contributed by atoms with Crippen molar-refractivity contribution in [3.8, 4) is 0 Å². The quantitative estimate of drug-likeness (QED) is 0.815. The fourth-order valence-electron chi connectivity index (χ4n) is 2.72. The summed E-state index contributed by atoms with van der Waals surface area (Å²) in [6.07, 6.45) is 8.08. The molecule has 0 radical (unpaired) electrons. The summed E-state index contributed by atoms with van der Waals surface area (Å²) in [7, 11) is 0. The highest BCUT2D eigenvalue weighted by Crippen LogP contribution is 2.27. The summed E-state index contributed by atoms with van der Waals surface area (Å²) in [5.41, 5.74) is 4.68. The molecular formula is C15H21N. The molecule has 0 aliphatic heterocycles. The van der Waals surface area contributed by atoms with Gasteiger partial charge in [0.15, 0.2) is 0 Å². The number of hydrogen-bond donors (Lipinski definition) is 1. The second-order valence-electron chi connectivity index (χ2n) is 5.40. The van der Waals surface area contributed by atoms with E-state index in [4.69, 9.17) is 0 Å². The van der Waals surface area contributed by atoms with E-state index < -0.39 is 0 Å². The van der Waals surface area contributed by atoms with Crippen LogP contribution in [0.1, 0.15) is 55.3 Å². The molecule has 0 amide bonds. The second kappa shape index (κ2) is 4.21. The number of fused-ring (bicyclic) bond motifs is 1. The zero-order valence-corrected chi connectivity index (χ0v) is 10.1. The molecule has 1 aromatic carbocycles.